The maximum atomic E-state index is 12.1. The summed E-state index contributed by atoms with van der Waals surface area (Å²) in [5, 5.41) is 3.24. The molecule has 0 aliphatic rings. The standard InChI is InChI=1S/C13H10ClIN2O2/c1-17-7-9(3-5-12(17)18)16-13(19)10-6-8(14)2-4-11(10)15/h2-7H,1H3,(H,16,19). The van der Waals surface area contributed by atoms with Gasteiger partial charge in [-0.25, -0.2) is 0 Å². The third kappa shape index (κ3) is 3.36. The topological polar surface area (TPSA) is 51.1 Å². The van der Waals surface area contributed by atoms with Gasteiger partial charge in [-0.05, 0) is 46.9 Å². The van der Waals surface area contributed by atoms with Crippen molar-refractivity contribution < 1.29 is 4.79 Å². The molecule has 1 aromatic heterocycles. The maximum absolute atomic E-state index is 12.1. The number of rotatable bonds is 2. The summed E-state index contributed by atoms with van der Waals surface area (Å²) in [6.07, 6.45) is 1.57. The van der Waals surface area contributed by atoms with Crippen LogP contribution in [-0.4, -0.2) is 10.5 Å². The number of aryl methyl sites for hydroxylation is 1. The van der Waals surface area contributed by atoms with Crippen LogP contribution in [0.1, 0.15) is 10.4 Å². The molecule has 6 heteroatoms. The smallest absolute Gasteiger partial charge is 0.256 e. The Bertz CT molecular complexity index is 697. The molecule has 2 aromatic rings. The number of anilines is 1. The second kappa shape index (κ2) is 5.75. The van der Waals surface area contributed by atoms with Crippen molar-refractivity contribution in [2.24, 2.45) is 7.05 Å². The first-order chi connectivity index (χ1) is 8.97. The number of pyridine rings is 1. The molecule has 1 heterocycles. The van der Waals surface area contributed by atoms with Crippen molar-refractivity contribution in [3.05, 3.63) is 61.0 Å². The summed E-state index contributed by atoms with van der Waals surface area (Å²) < 4.78 is 2.21. The van der Waals surface area contributed by atoms with E-state index in [2.05, 4.69) is 27.9 Å². The summed E-state index contributed by atoms with van der Waals surface area (Å²) in [6.45, 7) is 0. The predicted molar refractivity (Wildman–Crippen MR) is 83.8 cm³/mol. The van der Waals surface area contributed by atoms with Crippen LogP contribution in [0.15, 0.2) is 41.3 Å². The van der Waals surface area contributed by atoms with Gasteiger partial charge < -0.3 is 9.88 Å². The molecule has 19 heavy (non-hydrogen) atoms. The minimum atomic E-state index is -0.259. The van der Waals surface area contributed by atoms with E-state index in [9.17, 15) is 9.59 Å². The number of nitrogens with one attached hydrogen (secondary N) is 1. The summed E-state index contributed by atoms with van der Waals surface area (Å²) in [7, 11) is 1.63. The molecule has 0 bridgehead atoms. The molecule has 0 atom stereocenters. The van der Waals surface area contributed by atoms with E-state index in [1.165, 1.54) is 10.6 Å². The van der Waals surface area contributed by atoms with E-state index in [1.54, 1.807) is 37.5 Å². The second-order valence-corrected chi connectivity index (χ2v) is 5.54. The predicted octanol–water partition coefficient (Wildman–Crippen LogP) is 2.90. The van der Waals surface area contributed by atoms with Gasteiger partial charge in [0, 0.05) is 27.9 Å². The molecule has 0 saturated heterocycles. The molecule has 0 unspecified atom stereocenters. The highest BCUT2D eigenvalue weighted by atomic mass is 127. The molecule has 1 amide bonds. The molecule has 1 N–H and O–H groups in total. The van der Waals surface area contributed by atoms with Crippen molar-refractivity contribution in [2.75, 3.05) is 5.32 Å². The molecular formula is C13H10ClIN2O2. The molecule has 4 nitrogen and oxygen atoms in total. The van der Waals surface area contributed by atoms with Crippen molar-refractivity contribution in [3.8, 4) is 0 Å². The van der Waals surface area contributed by atoms with E-state index < -0.39 is 0 Å². The van der Waals surface area contributed by atoms with Gasteiger partial charge in [-0.3, -0.25) is 9.59 Å². The van der Waals surface area contributed by atoms with Gasteiger partial charge in [-0.2, -0.15) is 0 Å². The summed E-state index contributed by atoms with van der Waals surface area (Å²) in [6, 6.07) is 8.09. The van der Waals surface area contributed by atoms with Gasteiger partial charge >= 0.3 is 0 Å². The summed E-state index contributed by atoms with van der Waals surface area (Å²) in [5.41, 5.74) is 0.931. The fourth-order valence-electron chi connectivity index (χ4n) is 1.54. The van der Waals surface area contributed by atoms with Gasteiger partial charge in [0.1, 0.15) is 0 Å². The Balaban J connectivity index is 2.28. The van der Waals surface area contributed by atoms with E-state index in [1.807, 2.05) is 0 Å². The fraction of sp³-hybridized carbons (Fsp3) is 0.0769. The molecule has 1 aromatic carbocycles. The number of amides is 1. The summed E-state index contributed by atoms with van der Waals surface area (Å²) >= 11 is 7.95. The van der Waals surface area contributed by atoms with Crippen LogP contribution in [0.4, 0.5) is 5.69 Å². The minimum absolute atomic E-state index is 0.129. The second-order valence-electron chi connectivity index (χ2n) is 3.95. The Morgan fingerprint density at radius 3 is 2.74 bits per heavy atom. The molecule has 0 spiro atoms. The lowest BCUT2D eigenvalue weighted by Crippen LogP contribution is -2.18. The number of carbonyl (C=O) groups is 1. The Hall–Kier alpha value is -1.34. The number of benzene rings is 1. The van der Waals surface area contributed by atoms with Gasteiger partial charge in [0.2, 0.25) is 5.56 Å². The molecule has 98 valence electrons. The highest BCUT2D eigenvalue weighted by Gasteiger charge is 2.11. The first-order valence-corrected chi connectivity index (χ1v) is 6.86. The van der Waals surface area contributed by atoms with Crippen LogP contribution in [-0.2, 0) is 7.05 Å². The zero-order valence-corrected chi connectivity index (χ0v) is 12.9. The normalized spacial score (nSPS) is 10.3. The quantitative estimate of drug-likeness (QED) is 0.804. The highest BCUT2D eigenvalue weighted by molar-refractivity contribution is 14.1. The average molecular weight is 389 g/mol. The molecule has 0 aliphatic heterocycles. The molecule has 0 radical (unpaired) electrons. The Morgan fingerprint density at radius 1 is 1.32 bits per heavy atom. The summed E-state index contributed by atoms with van der Waals surface area (Å²) in [4.78, 5) is 23.4. The molecule has 0 aliphatic carbocycles. The average Bonchev–Trinajstić information content (AvgIpc) is 2.36. The maximum Gasteiger partial charge on any atom is 0.256 e. The fourth-order valence-corrected chi connectivity index (χ4v) is 2.29. The van der Waals surface area contributed by atoms with E-state index in [0.29, 0.717) is 16.3 Å². The Kier molecular flexibility index (Phi) is 4.26. The first kappa shape index (κ1) is 14.1. The van der Waals surface area contributed by atoms with Gasteiger partial charge in [0.15, 0.2) is 0 Å². The number of nitrogens with zero attached hydrogens (tertiary/aromatic N) is 1. The molecule has 0 fully saturated rings. The summed E-state index contributed by atoms with van der Waals surface area (Å²) in [5.74, 6) is -0.259. The van der Waals surface area contributed by atoms with Gasteiger partial charge in [0.05, 0.1) is 11.3 Å². The van der Waals surface area contributed by atoms with Crippen LogP contribution < -0.4 is 10.9 Å². The van der Waals surface area contributed by atoms with Crippen LogP contribution in [0, 0.1) is 3.57 Å². The van der Waals surface area contributed by atoms with Gasteiger partial charge in [-0.15, -0.1) is 0 Å². The number of hydrogen-bond acceptors (Lipinski definition) is 2. The van der Waals surface area contributed by atoms with Crippen molar-refractivity contribution in [3.63, 3.8) is 0 Å². The van der Waals surface area contributed by atoms with Gasteiger partial charge in [-0.1, -0.05) is 11.6 Å². The lowest BCUT2D eigenvalue weighted by Gasteiger charge is -2.08. The van der Waals surface area contributed by atoms with Crippen LogP contribution >= 0.6 is 34.2 Å². The SMILES string of the molecule is Cn1cc(NC(=O)c2cc(Cl)ccc2I)ccc1=O. The molecule has 2 rings (SSSR count). The minimum Gasteiger partial charge on any atom is -0.321 e. The van der Waals surface area contributed by atoms with Crippen molar-refractivity contribution in [2.45, 2.75) is 0 Å². The molecule has 0 saturated carbocycles. The largest absolute Gasteiger partial charge is 0.321 e. The lowest BCUT2D eigenvalue weighted by atomic mass is 10.2. The van der Waals surface area contributed by atoms with Crippen LogP contribution in [0.2, 0.25) is 5.02 Å². The molecular weight excluding hydrogens is 379 g/mol. The number of hydrogen-bond donors (Lipinski definition) is 1. The van der Waals surface area contributed by atoms with Crippen LogP contribution in [0.3, 0.4) is 0 Å². The first-order valence-electron chi connectivity index (χ1n) is 5.40. The van der Waals surface area contributed by atoms with E-state index >= 15 is 0 Å². The monoisotopic (exact) mass is 388 g/mol. The number of halogens is 2. The Morgan fingerprint density at radius 2 is 2.05 bits per heavy atom. The zero-order valence-electron chi connectivity index (χ0n) is 9.98. The van der Waals surface area contributed by atoms with E-state index in [4.69, 9.17) is 11.6 Å². The number of aromatic nitrogens is 1. The zero-order chi connectivity index (χ0) is 14.0. The highest BCUT2D eigenvalue weighted by Crippen LogP contribution is 2.19. The third-order valence-corrected chi connectivity index (χ3v) is 3.69. The van der Waals surface area contributed by atoms with E-state index in [-0.39, 0.29) is 11.5 Å². The van der Waals surface area contributed by atoms with Crippen molar-refractivity contribution in [1.29, 1.82) is 0 Å². The van der Waals surface area contributed by atoms with Crippen LogP contribution in [0.25, 0.3) is 0 Å². The third-order valence-electron chi connectivity index (χ3n) is 2.52. The Labute approximate surface area is 128 Å². The van der Waals surface area contributed by atoms with E-state index in [0.717, 1.165) is 3.57 Å². The van der Waals surface area contributed by atoms with Crippen molar-refractivity contribution >= 4 is 45.8 Å². The van der Waals surface area contributed by atoms with Crippen molar-refractivity contribution in [1.82, 2.24) is 4.57 Å². The van der Waals surface area contributed by atoms with Gasteiger partial charge in [0.25, 0.3) is 5.91 Å². The number of carbonyl (C=O) groups excluding carboxylic acids is 1. The van der Waals surface area contributed by atoms with Crippen LogP contribution in [0.5, 0.6) is 0 Å². The lowest BCUT2D eigenvalue weighted by molar-refractivity contribution is 0.102.